The van der Waals surface area contributed by atoms with E-state index in [0.29, 0.717) is 0 Å². The quantitative estimate of drug-likeness (QED) is 0.340. The molecule has 0 aliphatic heterocycles. The predicted molar refractivity (Wildman–Crippen MR) is 101 cm³/mol. The molecule has 12 heteroatoms. The first-order valence-electron chi connectivity index (χ1n) is 8.57. The zero-order valence-corrected chi connectivity index (χ0v) is 15.8. The molecule has 0 radical (unpaired) electrons. The van der Waals surface area contributed by atoms with Crippen molar-refractivity contribution in [3.63, 3.8) is 0 Å². The summed E-state index contributed by atoms with van der Waals surface area (Å²) < 4.78 is 54.9. The molecule has 2 N–H and O–H groups in total. The molecule has 1 atom stereocenters. The van der Waals surface area contributed by atoms with E-state index in [2.05, 4.69) is 9.97 Å². The summed E-state index contributed by atoms with van der Waals surface area (Å²) in [5, 5.41) is 16.6. The summed E-state index contributed by atoms with van der Waals surface area (Å²) in [5.41, 5.74) is -1.26. The van der Waals surface area contributed by atoms with Gasteiger partial charge < -0.3 is 18.9 Å². The Morgan fingerprint density at radius 1 is 1.30 bits per heavy atom. The highest BCUT2D eigenvalue weighted by Crippen LogP contribution is 2.37. The van der Waals surface area contributed by atoms with Gasteiger partial charge in [-0.2, -0.15) is 13.2 Å². The minimum atomic E-state index is -4.65. The summed E-state index contributed by atoms with van der Waals surface area (Å²) in [6.07, 6.45) is -3.93. The third kappa shape index (κ3) is 3.93. The van der Waals surface area contributed by atoms with E-state index in [1.807, 2.05) is 0 Å². The van der Waals surface area contributed by atoms with E-state index in [0.717, 1.165) is 12.5 Å². The van der Waals surface area contributed by atoms with Gasteiger partial charge in [0.25, 0.3) is 0 Å². The number of fused-ring (bicyclic) bond motifs is 1. The van der Waals surface area contributed by atoms with Crippen LogP contribution >= 0.6 is 0 Å². The van der Waals surface area contributed by atoms with Crippen LogP contribution in [0.4, 0.5) is 13.2 Å². The van der Waals surface area contributed by atoms with Gasteiger partial charge in [-0.05, 0) is 24.3 Å². The van der Waals surface area contributed by atoms with Gasteiger partial charge in [-0.25, -0.2) is 14.8 Å². The Bertz CT molecular complexity index is 1120. The maximum Gasteiger partial charge on any atom is 0.433 e. The molecule has 0 fully saturated rings. The van der Waals surface area contributed by atoms with Gasteiger partial charge >= 0.3 is 19.6 Å². The van der Waals surface area contributed by atoms with Crippen molar-refractivity contribution in [2.24, 2.45) is 0 Å². The molecular weight excluding hydrogens is 406 g/mol. The van der Waals surface area contributed by atoms with Crippen LogP contribution in [-0.4, -0.2) is 42.0 Å². The number of carboxylic acids is 1. The van der Waals surface area contributed by atoms with Crippen molar-refractivity contribution in [1.29, 1.82) is 5.41 Å². The number of carbonyl (C=O) groups is 1. The van der Waals surface area contributed by atoms with E-state index < -0.39 is 23.7 Å². The molecule has 0 bridgehead atoms. The van der Waals surface area contributed by atoms with E-state index in [1.54, 1.807) is 6.92 Å². The van der Waals surface area contributed by atoms with Crippen molar-refractivity contribution in [3.8, 4) is 17.2 Å². The number of benzene rings is 1. The van der Waals surface area contributed by atoms with Crippen molar-refractivity contribution < 1.29 is 36.9 Å². The molecule has 2 heterocycles. The number of carboxylic acid groups (broad SMARTS) is 1. The largest absolute Gasteiger partial charge is 0.556 e. The number of ether oxygens (including phenoxy) is 1. The van der Waals surface area contributed by atoms with Gasteiger partial charge in [0.05, 0.1) is 7.11 Å². The maximum atomic E-state index is 13.1. The number of halogens is 3. The SMILES string of the molecule is COc1ccc(-c2nc(C(=O)O)c([C@H](C)BOC=N)o2)c2ccc(C(F)(F)F)nc12. The Morgan fingerprint density at radius 2 is 2.03 bits per heavy atom. The van der Waals surface area contributed by atoms with Gasteiger partial charge in [-0.1, -0.05) is 6.92 Å². The highest BCUT2D eigenvalue weighted by Gasteiger charge is 2.33. The van der Waals surface area contributed by atoms with Gasteiger partial charge in [0.2, 0.25) is 5.89 Å². The van der Waals surface area contributed by atoms with Crippen LogP contribution in [0.2, 0.25) is 0 Å². The van der Waals surface area contributed by atoms with E-state index in [4.69, 9.17) is 19.2 Å². The molecule has 0 saturated carbocycles. The second kappa shape index (κ2) is 8.05. The summed E-state index contributed by atoms with van der Waals surface area (Å²) in [6.45, 7) is 1.63. The van der Waals surface area contributed by atoms with Crippen LogP contribution in [0.3, 0.4) is 0 Å². The first-order valence-corrected chi connectivity index (χ1v) is 8.57. The average Bonchev–Trinajstić information content (AvgIpc) is 3.15. The van der Waals surface area contributed by atoms with Crippen molar-refractivity contribution in [3.05, 3.63) is 41.4 Å². The fraction of sp³-hybridized carbons (Fsp3) is 0.222. The van der Waals surface area contributed by atoms with E-state index in [9.17, 15) is 23.1 Å². The summed E-state index contributed by atoms with van der Waals surface area (Å²) in [7, 11) is 1.28. The number of rotatable bonds is 7. The van der Waals surface area contributed by atoms with Gasteiger partial charge in [0.15, 0.2) is 5.69 Å². The molecule has 0 amide bonds. The number of oxazole rings is 1. The van der Waals surface area contributed by atoms with Gasteiger partial charge in [-0.15, -0.1) is 0 Å². The van der Waals surface area contributed by atoms with E-state index >= 15 is 0 Å². The summed E-state index contributed by atoms with van der Waals surface area (Å²) in [5.74, 6) is -1.85. The second-order valence-corrected chi connectivity index (χ2v) is 6.30. The highest BCUT2D eigenvalue weighted by atomic mass is 19.4. The molecule has 3 aromatic rings. The Labute approximate surface area is 168 Å². The summed E-state index contributed by atoms with van der Waals surface area (Å²) >= 11 is 0. The zero-order valence-electron chi connectivity index (χ0n) is 15.8. The number of nitrogens with zero attached hydrogens (tertiary/aromatic N) is 2. The molecule has 3 rings (SSSR count). The zero-order chi connectivity index (χ0) is 22.1. The van der Waals surface area contributed by atoms with Crippen LogP contribution in [0, 0.1) is 5.41 Å². The normalized spacial score (nSPS) is 12.4. The summed E-state index contributed by atoms with van der Waals surface area (Å²) in [6, 6.07) is 4.91. The molecule has 0 aliphatic carbocycles. The number of hydrogen-bond acceptors (Lipinski definition) is 7. The standard InChI is InChI=1S/C18H15BF3N3O5/c1-8(19-29-7-23)15-14(17(26)27)25-16(30-15)10-3-5-11(28-2)13-9(10)4-6-12(24-13)18(20,21)22/h3-8,19,23H,1-2H3,(H,26,27)/t8-/m0/s1. The Balaban J connectivity index is 2.19. The Kier molecular flexibility index (Phi) is 5.68. The smallest absolute Gasteiger partial charge is 0.433 e. The molecule has 8 nitrogen and oxygen atoms in total. The molecule has 1 aromatic carbocycles. The number of aromatic nitrogens is 2. The number of hydrogen-bond donors (Lipinski definition) is 2. The van der Waals surface area contributed by atoms with Crippen molar-refractivity contribution in [1.82, 2.24) is 9.97 Å². The first-order chi connectivity index (χ1) is 14.2. The lowest BCUT2D eigenvalue weighted by Crippen LogP contribution is -2.11. The number of methoxy groups -OCH3 is 1. The lowest BCUT2D eigenvalue weighted by Gasteiger charge is -2.11. The number of alkyl halides is 3. The second-order valence-electron chi connectivity index (χ2n) is 6.30. The van der Waals surface area contributed by atoms with Gasteiger partial charge in [0, 0.05) is 16.8 Å². The molecule has 0 unspecified atom stereocenters. The topological polar surface area (TPSA) is 119 Å². The van der Waals surface area contributed by atoms with Crippen LogP contribution in [0.5, 0.6) is 5.75 Å². The number of nitrogens with one attached hydrogen (secondary N) is 1. The van der Waals surface area contributed by atoms with Crippen LogP contribution in [0.1, 0.15) is 34.7 Å². The van der Waals surface area contributed by atoms with Crippen molar-refractivity contribution in [2.75, 3.05) is 7.11 Å². The van der Waals surface area contributed by atoms with Crippen molar-refractivity contribution >= 4 is 30.8 Å². The summed E-state index contributed by atoms with van der Waals surface area (Å²) in [4.78, 5) is 19.3. The van der Waals surface area contributed by atoms with Crippen LogP contribution in [-0.2, 0) is 10.8 Å². The first kappa shape index (κ1) is 21.2. The van der Waals surface area contributed by atoms with Gasteiger partial charge in [-0.3, -0.25) is 5.41 Å². The monoisotopic (exact) mass is 421 g/mol. The number of pyridine rings is 1. The molecule has 0 aliphatic rings. The molecule has 30 heavy (non-hydrogen) atoms. The van der Waals surface area contributed by atoms with E-state index in [1.165, 1.54) is 25.3 Å². The fourth-order valence-electron chi connectivity index (χ4n) is 2.90. The third-order valence-corrected chi connectivity index (χ3v) is 4.29. The lowest BCUT2D eigenvalue weighted by atomic mass is 9.79. The average molecular weight is 421 g/mol. The maximum absolute atomic E-state index is 13.1. The fourth-order valence-corrected chi connectivity index (χ4v) is 2.90. The van der Waals surface area contributed by atoms with Crippen LogP contribution < -0.4 is 4.74 Å². The Morgan fingerprint density at radius 3 is 2.63 bits per heavy atom. The minimum absolute atomic E-state index is 0.0156. The van der Waals surface area contributed by atoms with Gasteiger partial charge in [0.1, 0.15) is 29.1 Å². The highest BCUT2D eigenvalue weighted by molar-refractivity contribution is 6.31. The lowest BCUT2D eigenvalue weighted by molar-refractivity contribution is -0.140. The molecular formula is C18H15BF3N3O5. The molecule has 0 saturated heterocycles. The van der Waals surface area contributed by atoms with Crippen LogP contribution in [0.15, 0.2) is 28.7 Å². The predicted octanol–water partition coefficient (Wildman–Crippen LogP) is 3.65. The third-order valence-electron chi connectivity index (χ3n) is 4.29. The molecule has 2 aromatic heterocycles. The molecule has 156 valence electrons. The van der Waals surface area contributed by atoms with Crippen LogP contribution in [0.25, 0.3) is 22.4 Å². The van der Waals surface area contributed by atoms with Crippen molar-refractivity contribution in [2.45, 2.75) is 18.9 Å². The van der Waals surface area contributed by atoms with E-state index in [-0.39, 0.29) is 47.0 Å². The Hall–Kier alpha value is -3.57. The molecule has 0 spiro atoms. The number of aromatic carboxylic acids is 1. The minimum Gasteiger partial charge on any atom is -0.556 e.